The van der Waals surface area contributed by atoms with E-state index < -0.39 is 0 Å². The normalized spacial score (nSPS) is 29.8. The Labute approximate surface area is 110 Å². The van der Waals surface area contributed by atoms with Gasteiger partial charge in [-0.25, -0.2) is 0 Å². The van der Waals surface area contributed by atoms with Gasteiger partial charge >= 0.3 is 0 Å². The van der Waals surface area contributed by atoms with E-state index >= 15 is 0 Å². The van der Waals surface area contributed by atoms with Crippen LogP contribution in [0.3, 0.4) is 0 Å². The zero-order valence-electron chi connectivity index (χ0n) is 11.4. The van der Waals surface area contributed by atoms with Crippen molar-refractivity contribution in [3.05, 3.63) is 29.3 Å². The lowest BCUT2D eigenvalue weighted by Crippen LogP contribution is -2.33. The Morgan fingerprint density at radius 1 is 1.28 bits per heavy atom. The predicted octanol–water partition coefficient (Wildman–Crippen LogP) is 3.28. The van der Waals surface area contributed by atoms with Gasteiger partial charge in [0.05, 0.1) is 7.11 Å². The van der Waals surface area contributed by atoms with Crippen molar-refractivity contribution in [2.24, 2.45) is 11.8 Å². The van der Waals surface area contributed by atoms with Crippen molar-refractivity contribution < 1.29 is 4.74 Å². The van der Waals surface area contributed by atoms with Crippen molar-refractivity contribution in [3.63, 3.8) is 0 Å². The molecule has 1 aromatic rings. The Hall–Kier alpha value is -1.02. The number of nitrogens with one attached hydrogen (secondary N) is 1. The average molecular weight is 245 g/mol. The molecule has 98 valence electrons. The molecule has 3 unspecified atom stereocenters. The lowest BCUT2D eigenvalue weighted by atomic mass is 9.95. The number of ether oxygens (including phenoxy) is 1. The van der Waals surface area contributed by atoms with Crippen molar-refractivity contribution in [1.82, 2.24) is 5.32 Å². The third-order valence-corrected chi connectivity index (χ3v) is 4.77. The van der Waals surface area contributed by atoms with Crippen LogP contribution >= 0.6 is 0 Å². The monoisotopic (exact) mass is 245 g/mol. The van der Waals surface area contributed by atoms with Crippen LogP contribution in [0.4, 0.5) is 0 Å². The van der Waals surface area contributed by atoms with Crippen LogP contribution in [0.1, 0.15) is 36.8 Å². The first kappa shape index (κ1) is 12.0. The maximum absolute atomic E-state index is 5.30. The van der Waals surface area contributed by atoms with Crippen LogP contribution in [0.5, 0.6) is 5.75 Å². The van der Waals surface area contributed by atoms with E-state index in [1.54, 1.807) is 7.11 Å². The van der Waals surface area contributed by atoms with Crippen molar-refractivity contribution in [2.75, 3.05) is 7.11 Å². The van der Waals surface area contributed by atoms with Gasteiger partial charge in [0.25, 0.3) is 0 Å². The second kappa shape index (κ2) is 4.93. The summed E-state index contributed by atoms with van der Waals surface area (Å²) in [6.45, 7) is 3.11. The van der Waals surface area contributed by atoms with Gasteiger partial charge in [-0.3, -0.25) is 0 Å². The Kier molecular flexibility index (Phi) is 3.29. The molecule has 1 N–H and O–H groups in total. The quantitative estimate of drug-likeness (QED) is 0.879. The van der Waals surface area contributed by atoms with E-state index in [0.29, 0.717) is 0 Å². The molecule has 0 aliphatic heterocycles. The molecule has 2 heteroatoms. The van der Waals surface area contributed by atoms with Crippen LogP contribution < -0.4 is 10.1 Å². The van der Waals surface area contributed by atoms with Crippen LogP contribution in [-0.2, 0) is 6.54 Å². The molecule has 0 amide bonds. The molecule has 2 fully saturated rings. The van der Waals surface area contributed by atoms with Crippen molar-refractivity contribution in [1.29, 1.82) is 0 Å². The van der Waals surface area contributed by atoms with Gasteiger partial charge in [-0.1, -0.05) is 18.6 Å². The Morgan fingerprint density at radius 2 is 2.17 bits per heavy atom. The number of methoxy groups -OCH3 is 1. The molecule has 0 heterocycles. The number of aryl methyl sites for hydroxylation is 1. The van der Waals surface area contributed by atoms with E-state index in [9.17, 15) is 0 Å². The largest absolute Gasteiger partial charge is 0.496 e. The minimum atomic E-state index is 0.770. The van der Waals surface area contributed by atoms with Gasteiger partial charge in [0.15, 0.2) is 0 Å². The van der Waals surface area contributed by atoms with Crippen LogP contribution in [0.2, 0.25) is 0 Å². The van der Waals surface area contributed by atoms with Crippen LogP contribution in [-0.4, -0.2) is 13.2 Å². The molecule has 2 aliphatic rings. The molecular formula is C16H23NO. The van der Waals surface area contributed by atoms with Crippen molar-refractivity contribution >= 4 is 0 Å². The third-order valence-electron chi connectivity index (χ3n) is 4.77. The highest BCUT2D eigenvalue weighted by Crippen LogP contribution is 2.44. The zero-order valence-corrected chi connectivity index (χ0v) is 11.4. The molecule has 18 heavy (non-hydrogen) atoms. The summed E-state index contributed by atoms with van der Waals surface area (Å²) >= 11 is 0. The molecule has 0 aromatic heterocycles. The molecule has 0 spiro atoms. The third kappa shape index (κ3) is 2.26. The van der Waals surface area contributed by atoms with Gasteiger partial charge in [-0.05, 0) is 55.2 Å². The topological polar surface area (TPSA) is 21.3 Å². The molecule has 2 saturated carbocycles. The van der Waals surface area contributed by atoms with Crippen molar-refractivity contribution in [3.8, 4) is 5.75 Å². The fraction of sp³-hybridized carbons (Fsp3) is 0.625. The van der Waals surface area contributed by atoms with Crippen LogP contribution in [0.15, 0.2) is 18.2 Å². The first-order valence-electron chi connectivity index (χ1n) is 7.13. The zero-order chi connectivity index (χ0) is 12.5. The van der Waals surface area contributed by atoms with Gasteiger partial charge in [0.1, 0.15) is 5.75 Å². The van der Waals surface area contributed by atoms with E-state index in [2.05, 4.69) is 30.4 Å². The first-order valence-corrected chi connectivity index (χ1v) is 7.13. The summed E-state index contributed by atoms with van der Waals surface area (Å²) in [6, 6.07) is 7.25. The summed E-state index contributed by atoms with van der Waals surface area (Å²) in [6.07, 6.45) is 5.80. The molecule has 2 bridgehead atoms. The Morgan fingerprint density at radius 3 is 2.78 bits per heavy atom. The van der Waals surface area contributed by atoms with Gasteiger partial charge in [-0.2, -0.15) is 0 Å². The van der Waals surface area contributed by atoms with Crippen LogP contribution in [0, 0.1) is 18.8 Å². The molecule has 2 nitrogen and oxygen atoms in total. The van der Waals surface area contributed by atoms with Gasteiger partial charge in [0, 0.05) is 12.6 Å². The molecule has 0 radical (unpaired) electrons. The molecule has 2 aliphatic carbocycles. The highest BCUT2D eigenvalue weighted by Gasteiger charge is 2.38. The van der Waals surface area contributed by atoms with Gasteiger partial charge < -0.3 is 10.1 Å². The summed E-state index contributed by atoms with van der Waals surface area (Å²) in [5.74, 6) is 2.96. The summed E-state index contributed by atoms with van der Waals surface area (Å²) < 4.78 is 5.30. The number of hydrogen-bond acceptors (Lipinski definition) is 2. The minimum Gasteiger partial charge on any atom is -0.496 e. The summed E-state index contributed by atoms with van der Waals surface area (Å²) in [5, 5.41) is 3.75. The molecular weight excluding hydrogens is 222 g/mol. The Bertz CT molecular complexity index is 429. The molecule has 3 rings (SSSR count). The fourth-order valence-corrected chi connectivity index (χ4v) is 3.79. The fourth-order valence-electron chi connectivity index (χ4n) is 3.79. The van der Waals surface area contributed by atoms with E-state index in [-0.39, 0.29) is 0 Å². The molecule has 0 saturated heterocycles. The maximum Gasteiger partial charge on any atom is 0.121 e. The number of benzene rings is 1. The number of rotatable bonds is 4. The second-order valence-corrected chi connectivity index (χ2v) is 5.97. The average Bonchev–Trinajstić information content (AvgIpc) is 2.98. The SMILES string of the molecule is COc1ccc(CNC2CC3CCC2C3)cc1C. The summed E-state index contributed by atoms with van der Waals surface area (Å²) in [5.41, 5.74) is 2.60. The summed E-state index contributed by atoms with van der Waals surface area (Å²) in [4.78, 5) is 0. The van der Waals surface area contributed by atoms with E-state index in [1.165, 1.54) is 36.8 Å². The highest BCUT2D eigenvalue weighted by molar-refractivity contribution is 5.36. The lowest BCUT2D eigenvalue weighted by Gasteiger charge is -2.23. The van der Waals surface area contributed by atoms with Crippen LogP contribution in [0.25, 0.3) is 0 Å². The number of hydrogen-bond donors (Lipinski definition) is 1. The molecule has 1 aromatic carbocycles. The van der Waals surface area contributed by atoms with Gasteiger partial charge in [0.2, 0.25) is 0 Å². The smallest absolute Gasteiger partial charge is 0.121 e. The van der Waals surface area contributed by atoms with Gasteiger partial charge in [-0.15, -0.1) is 0 Å². The first-order chi connectivity index (χ1) is 8.76. The maximum atomic E-state index is 5.30. The highest BCUT2D eigenvalue weighted by atomic mass is 16.5. The summed E-state index contributed by atoms with van der Waals surface area (Å²) in [7, 11) is 1.73. The lowest BCUT2D eigenvalue weighted by molar-refractivity contribution is 0.350. The standard InChI is InChI=1S/C16H23NO/c1-11-7-13(4-6-16(11)18-2)10-17-15-9-12-3-5-14(15)8-12/h4,6-7,12,14-15,17H,3,5,8-10H2,1-2H3. The van der Waals surface area contributed by atoms with Crippen molar-refractivity contribution in [2.45, 2.75) is 45.2 Å². The molecule has 3 atom stereocenters. The number of fused-ring (bicyclic) bond motifs is 2. The predicted molar refractivity (Wildman–Crippen MR) is 73.8 cm³/mol. The van der Waals surface area contributed by atoms with E-state index in [4.69, 9.17) is 4.74 Å². The van der Waals surface area contributed by atoms with E-state index in [0.717, 1.165) is 30.2 Å². The minimum absolute atomic E-state index is 0.770. The van der Waals surface area contributed by atoms with E-state index in [1.807, 2.05) is 0 Å². The second-order valence-electron chi connectivity index (χ2n) is 5.97. The Balaban J connectivity index is 1.58.